The van der Waals surface area contributed by atoms with E-state index in [1.165, 1.54) is 22.5 Å². The minimum atomic E-state index is 0.328. The molecule has 1 N–H and O–H groups in total. The summed E-state index contributed by atoms with van der Waals surface area (Å²) in [4.78, 5) is 4.35. The number of hydrogen-bond donors (Lipinski definition) is 1. The number of rotatable bonds is 5. The third-order valence-corrected chi connectivity index (χ3v) is 4.01. The summed E-state index contributed by atoms with van der Waals surface area (Å²) >= 11 is 0. The summed E-state index contributed by atoms with van der Waals surface area (Å²) in [6.07, 6.45) is 6.00. The molecule has 2 aromatic rings. The Morgan fingerprint density at radius 2 is 2.35 bits per heavy atom. The molecule has 0 radical (unpaired) electrons. The van der Waals surface area contributed by atoms with Crippen LogP contribution in [0.2, 0.25) is 0 Å². The Bertz CT molecular complexity index is 591. The maximum absolute atomic E-state index is 5.34. The molecule has 0 spiro atoms. The topological polar surface area (TPSA) is 39.1 Å². The van der Waals surface area contributed by atoms with E-state index in [9.17, 15) is 0 Å². The van der Waals surface area contributed by atoms with Crippen molar-refractivity contribution in [1.29, 1.82) is 0 Å². The molecule has 1 aromatic heterocycles. The number of ether oxygens (including phenoxy) is 1. The number of nitrogens with one attached hydrogen (secondary N) is 1. The first-order valence-electron chi connectivity index (χ1n) is 7.22. The Morgan fingerprint density at radius 3 is 3.15 bits per heavy atom. The number of para-hydroxylation sites is 1. The predicted octanol–water partition coefficient (Wildman–Crippen LogP) is 3.12. The lowest BCUT2D eigenvalue weighted by Gasteiger charge is -2.20. The van der Waals surface area contributed by atoms with E-state index in [0.717, 1.165) is 19.4 Å². The molecule has 0 saturated carbocycles. The normalized spacial score (nSPS) is 14.9. The van der Waals surface area contributed by atoms with Gasteiger partial charge >= 0.3 is 0 Å². The molecule has 1 unspecified atom stereocenters. The van der Waals surface area contributed by atoms with Crippen molar-refractivity contribution in [1.82, 2.24) is 9.55 Å². The summed E-state index contributed by atoms with van der Waals surface area (Å²) in [5.74, 6) is 0. The van der Waals surface area contributed by atoms with Gasteiger partial charge in [0, 0.05) is 24.9 Å². The number of imidazole rings is 1. The Kier molecular flexibility index (Phi) is 3.74. The lowest BCUT2D eigenvalue weighted by atomic mass is 10.0. The van der Waals surface area contributed by atoms with E-state index in [-0.39, 0.29) is 0 Å². The molecule has 4 nitrogen and oxygen atoms in total. The summed E-state index contributed by atoms with van der Waals surface area (Å²) in [6, 6.07) is 6.83. The third-order valence-electron chi connectivity index (χ3n) is 4.01. The fourth-order valence-electron chi connectivity index (χ4n) is 2.94. The standard InChI is InChI=1S/C16H21N3O/c1-3-13(10-20-2)19-11-17-9-15(19)14-6-4-5-12-7-8-18-16(12)14/h4-6,9,11,13,18H,3,7-8,10H2,1-2H3. The molecule has 1 aromatic carbocycles. The zero-order chi connectivity index (χ0) is 13.9. The number of aromatic nitrogens is 2. The van der Waals surface area contributed by atoms with Gasteiger partial charge in [-0.15, -0.1) is 0 Å². The molecule has 20 heavy (non-hydrogen) atoms. The summed E-state index contributed by atoms with van der Waals surface area (Å²) in [5, 5.41) is 3.50. The van der Waals surface area contributed by atoms with Gasteiger partial charge in [0.2, 0.25) is 0 Å². The quantitative estimate of drug-likeness (QED) is 0.908. The van der Waals surface area contributed by atoms with Crippen molar-refractivity contribution in [3.05, 3.63) is 36.3 Å². The average molecular weight is 271 g/mol. The second-order valence-electron chi connectivity index (χ2n) is 5.22. The van der Waals surface area contributed by atoms with Crippen LogP contribution in [0.25, 0.3) is 11.3 Å². The van der Waals surface area contributed by atoms with Crippen molar-refractivity contribution < 1.29 is 4.74 Å². The molecule has 106 valence electrons. The van der Waals surface area contributed by atoms with Crippen LogP contribution in [0.5, 0.6) is 0 Å². The van der Waals surface area contributed by atoms with E-state index in [1.807, 2.05) is 12.5 Å². The SMILES string of the molecule is CCC(COC)n1cncc1-c1cccc2c1NCC2. The largest absolute Gasteiger partial charge is 0.384 e. The Morgan fingerprint density at radius 1 is 1.45 bits per heavy atom. The molecule has 0 bridgehead atoms. The first kappa shape index (κ1) is 13.2. The predicted molar refractivity (Wildman–Crippen MR) is 81.1 cm³/mol. The van der Waals surface area contributed by atoms with Gasteiger partial charge in [-0.2, -0.15) is 0 Å². The monoisotopic (exact) mass is 271 g/mol. The molecule has 1 aliphatic rings. The van der Waals surface area contributed by atoms with Gasteiger partial charge in [-0.3, -0.25) is 0 Å². The fourth-order valence-corrected chi connectivity index (χ4v) is 2.94. The molecule has 0 saturated heterocycles. The van der Waals surface area contributed by atoms with Gasteiger partial charge in [-0.25, -0.2) is 4.98 Å². The molecular weight excluding hydrogens is 250 g/mol. The molecule has 4 heteroatoms. The fraction of sp³-hybridized carbons (Fsp3) is 0.438. The van der Waals surface area contributed by atoms with Gasteiger partial charge in [0.15, 0.2) is 0 Å². The third kappa shape index (κ3) is 2.20. The van der Waals surface area contributed by atoms with E-state index in [0.29, 0.717) is 12.6 Å². The average Bonchev–Trinajstić information content (AvgIpc) is 3.12. The first-order valence-corrected chi connectivity index (χ1v) is 7.22. The lowest BCUT2D eigenvalue weighted by molar-refractivity contribution is 0.153. The summed E-state index contributed by atoms with van der Waals surface area (Å²) < 4.78 is 7.57. The molecule has 1 atom stereocenters. The molecule has 0 aliphatic carbocycles. The number of nitrogens with zero attached hydrogens (tertiary/aromatic N) is 2. The molecule has 2 heterocycles. The maximum Gasteiger partial charge on any atom is 0.0954 e. The van der Waals surface area contributed by atoms with Crippen LogP contribution in [-0.2, 0) is 11.2 Å². The zero-order valence-corrected chi connectivity index (χ0v) is 12.1. The summed E-state index contributed by atoms with van der Waals surface area (Å²) in [6.45, 7) is 3.92. The maximum atomic E-state index is 5.34. The van der Waals surface area contributed by atoms with E-state index < -0.39 is 0 Å². The first-order chi connectivity index (χ1) is 9.85. The molecule has 3 rings (SSSR count). The van der Waals surface area contributed by atoms with Crippen molar-refractivity contribution in [3.63, 3.8) is 0 Å². The van der Waals surface area contributed by atoms with Crippen LogP contribution in [0.4, 0.5) is 5.69 Å². The molecule has 1 aliphatic heterocycles. The highest BCUT2D eigenvalue weighted by atomic mass is 16.5. The van der Waals surface area contributed by atoms with Gasteiger partial charge in [0.1, 0.15) is 0 Å². The number of methoxy groups -OCH3 is 1. The van der Waals surface area contributed by atoms with Crippen molar-refractivity contribution in [2.75, 3.05) is 25.6 Å². The van der Waals surface area contributed by atoms with E-state index in [4.69, 9.17) is 4.74 Å². The molecule has 0 amide bonds. The van der Waals surface area contributed by atoms with Gasteiger partial charge in [0.25, 0.3) is 0 Å². The summed E-state index contributed by atoms with van der Waals surface area (Å²) in [7, 11) is 1.75. The van der Waals surface area contributed by atoms with E-state index in [1.54, 1.807) is 7.11 Å². The van der Waals surface area contributed by atoms with Crippen LogP contribution in [0.3, 0.4) is 0 Å². The highest BCUT2D eigenvalue weighted by Gasteiger charge is 2.19. The minimum absolute atomic E-state index is 0.328. The lowest BCUT2D eigenvalue weighted by Crippen LogP contribution is -2.14. The van der Waals surface area contributed by atoms with Crippen LogP contribution in [0.1, 0.15) is 24.9 Å². The Labute approximate surface area is 119 Å². The second-order valence-corrected chi connectivity index (χ2v) is 5.22. The number of hydrogen-bond acceptors (Lipinski definition) is 3. The Hall–Kier alpha value is -1.81. The van der Waals surface area contributed by atoms with Crippen molar-refractivity contribution in [2.45, 2.75) is 25.8 Å². The number of anilines is 1. The van der Waals surface area contributed by atoms with Crippen LogP contribution in [0, 0.1) is 0 Å². The summed E-state index contributed by atoms with van der Waals surface area (Å²) in [5.41, 5.74) is 5.07. The van der Waals surface area contributed by atoms with Crippen molar-refractivity contribution in [2.24, 2.45) is 0 Å². The number of benzene rings is 1. The van der Waals surface area contributed by atoms with Crippen molar-refractivity contribution >= 4 is 5.69 Å². The second kappa shape index (κ2) is 5.67. The van der Waals surface area contributed by atoms with Gasteiger partial charge < -0.3 is 14.6 Å². The highest BCUT2D eigenvalue weighted by Crippen LogP contribution is 2.35. The zero-order valence-electron chi connectivity index (χ0n) is 12.1. The van der Waals surface area contributed by atoms with Crippen LogP contribution >= 0.6 is 0 Å². The van der Waals surface area contributed by atoms with Gasteiger partial charge in [-0.1, -0.05) is 25.1 Å². The van der Waals surface area contributed by atoms with E-state index >= 15 is 0 Å². The van der Waals surface area contributed by atoms with Gasteiger partial charge in [0.05, 0.1) is 30.9 Å². The van der Waals surface area contributed by atoms with Crippen LogP contribution in [0.15, 0.2) is 30.7 Å². The molecular formula is C16H21N3O. The van der Waals surface area contributed by atoms with Crippen LogP contribution in [-0.4, -0.2) is 29.8 Å². The smallest absolute Gasteiger partial charge is 0.0954 e. The Balaban J connectivity index is 2.04. The highest BCUT2D eigenvalue weighted by molar-refractivity contribution is 5.79. The van der Waals surface area contributed by atoms with E-state index in [2.05, 4.69) is 40.0 Å². The van der Waals surface area contributed by atoms with Gasteiger partial charge in [-0.05, 0) is 18.4 Å². The number of fused-ring (bicyclic) bond motifs is 1. The molecule has 0 fully saturated rings. The minimum Gasteiger partial charge on any atom is -0.384 e. The van der Waals surface area contributed by atoms with Crippen LogP contribution < -0.4 is 5.32 Å². The van der Waals surface area contributed by atoms with Crippen molar-refractivity contribution in [3.8, 4) is 11.3 Å².